The van der Waals surface area contributed by atoms with E-state index in [0.717, 1.165) is 44.6 Å². The van der Waals surface area contributed by atoms with E-state index in [4.69, 9.17) is 0 Å². The summed E-state index contributed by atoms with van der Waals surface area (Å²) in [5.74, 6) is 1.14. The van der Waals surface area contributed by atoms with E-state index in [1.165, 1.54) is 18.9 Å². The fourth-order valence-corrected chi connectivity index (χ4v) is 4.13. The minimum Gasteiger partial charge on any atom is -0.366 e. The van der Waals surface area contributed by atoms with Gasteiger partial charge in [-0.05, 0) is 50.7 Å². The number of hydrogen-bond donors (Lipinski definition) is 1. The van der Waals surface area contributed by atoms with Crippen LogP contribution in [-0.4, -0.2) is 44.7 Å². The van der Waals surface area contributed by atoms with Crippen molar-refractivity contribution in [3.63, 3.8) is 0 Å². The first-order chi connectivity index (χ1) is 14.1. The van der Waals surface area contributed by atoms with Gasteiger partial charge in [-0.3, -0.25) is 14.9 Å². The van der Waals surface area contributed by atoms with Crippen LogP contribution in [0.3, 0.4) is 0 Å². The number of nitro groups is 1. The van der Waals surface area contributed by atoms with Gasteiger partial charge in [0.25, 0.3) is 11.6 Å². The Balaban J connectivity index is 1.31. The molecule has 1 saturated heterocycles. The average Bonchev–Trinajstić information content (AvgIpc) is 3.67. The molecular weight excluding hydrogens is 372 g/mol. The maximum absolute atomic E-state index is 12.3. The molecule has 1 aromatic heterocycles. The van der Waals surface area contributed by atoms with E-state index in [1.54, 1.807) is 12.1 Å². The lowest BCUT2D eigenvalue weighted by Crippen LogP contribution is -2.34. The van der Waals surface area contributed by atoms with Crippen molar-refractivity contribution < 1.29 is 9.72 Å². The lowest BCUT2D eigenvalue weighted by Gasteiger charge is -2.33. The van der Waals surface area contributed by atoms with Gasteiger partial charge in [0.1, 0.15) is 17.8 Å². The number of rotatable bonds is 6. The summed E-state index contributed by atoms with van der Waals surface area (Å²) in [6, 6.07) is 5.58. The Bertz CT molecular complexity index is 941. The number of piperidine rings is 1. The van der Waals surface area contributed by atoms with Crippen molar-refractivity contribution in [1.29, 1.82) is 0 Å². The molecule has 1 aromatic carbocycles. The second kappa shape index (κ2) is 7.13. The van der Waals surface area contributed by atoms with Crippen molar-refractivity contribution in [2.24, 2.45) is 0 Å². The van der Waals surface area contributed by atoms with Gasteiger partial charge in [0.2, 0.25) is 0 Å². The molecule has 1 aliphatic heterocycles. The molecule has 1 N–H and O–H groups in total. The number of hydrogen-bond acceptors (Lipinski definition) is 6. The number of carbonyl (C=O) groups excluding carboxylic acids is 1. The topological polar surface area (TPSA) is 106 Å². The summed E-state index contributed by atoms with van der Waals surface area (Å²) < 4.78 is 2.20. The molecule has 2 aliphatic carbocycles. The molecule has 3 aliphatic rings. The largest absolute Gasteiger partial charge is 0.366 e. The fourth-order valence-electron chi connectivity index (χ4n) is 4.13. The van der Waals surface area contributed by atoms with Crippen molar-refractivity contribution >= 4 is 17.3 Å². The maximum atomic E-state index is 12.3. The van der Waals surface area contributed by atoms with Gasteiger partial charge < -0.3 is 14.8 Å². The summed E-state index contributed by atoms with van der Waals surface area (Å²) in [6.45, 7) is 1.44. The number of aromatic nitrogens is 3. The molecule has 1 amide bonds. The van der Waals surface area contributed by atoms with Crippen molar-refractivity contribution in [1.82, 2.24) is 20.1 Å². The normalized spacial score (nSPS) is 19.9. The summed E-state index contributed by atoms with van der Waals surface area (Å²) in [7, 11) is 0. The highest BCUT2D eigenvalue weighted by Gasteiger charge is 2.32. The maximum Gasteiger partial charge on any atom is 0.293 e. The molecule has 0 spiro atoms. The molecule has 2 heterocycles. The summed E-state index contributed by atoms with van der Waals surface area (Å²) in [6.07, 6.45) is 7.94. The number of carbonyl (C=O) groups is 1. The quantitative estimate of drug-likeness (QED) is 0.594. The van der Waals surface area contributed by atoms with E-state index in [1.807, 2.05) is 6.33 Å². The Hall–Kier alpha value is -2.97. The van der Waals surface area contributed by atoms with Crippen LogP contribution in [0.1, 0.15) is 66.7 Å². The van der Waals surface area contributed by atoms with Crippen LogP contribution < -0.4 is 10.2 Å². The first kappa shape index (κ1) is 18.1. The van der Waals surface area contributed by atoms with Crippen LogP contribution >= 0.6 is 0 Å². The lowest BCUT2D eigenvalue weighted by atomic mass is 9.95. The monoisotopic (exact) mass is 396 g/mol. The Morgan fingerprint density at radius 3 is 2.55 bits per heavy atom. The van der Waals surface area contributed by atoms with Crippen LogP contribution in [0.25, 0.3) is 0 Å². The van der Waals surface area contributed by atoms with Crippen molar-refractivity contribution in [3.05, 3.63) is 46.0 Å². The van der Waals surface area contributed by atoms with Gasteiger partial charge in [-0.25, -0.2) is 0 Å². The molecule has 0 unspecified atom stereocenters. The van der Waals surface area contributed by atoms with Crippen LogP contribution in [0.5, 0.6) is 0 Å². The number of nitrogens with zero attached hydrogens (tertiary/aromatic N) is 5. The number of benzene rings is 1. The van der Waals surface area contributed by atoms with E-state index < -0.39 is 0 Å². The van der Waals surface area contributed by atoms with Crippen molar-refractivity contribution in [3.8, 4) is 0 Å². The van der Waals surface area contributed by atoms with Gasteiger partial charge in [0.15, 0.2) is 0 Å². The van der Waals surface area contributed by atoms with Gasteiger partial charge in [0, 0.05) is 42.7 Å². The summed E-state index contributed by atoms with van der Waals surface area (Å²) >= 11 is 0. The number of nitro benzene ring substituents is 1. The highest BCUT2D eigenvalue weighted by atomic mass is 16.6. The zero-order chi connectivity index (χ0) is 20.0. The Morgan fingerprint density at radius 2 is 1.90 bits per heavy atom. The van der Waals surface area contributed by atoms with Gasteiger partial charge in [0.05, 0.1) is 4.92 Å². The second-order valence-corrected chi connectivity index (χ2v) is 8.30. The predicted octanol–water partition coefficient (Wildman–Crippen LogP) is 2.80. The number of nitrogens with one attached hydrogen (secondary N) is 1. The van der Waals surface area contributed by atoms with Crippen molar-refractivity contribution in [2.45, 2.75) is 56.5 Å². The minimum atomic E-state index is -0.390. The average molecular weight is 396 g/mol. The van der Waals surface area contributed by atoms with Gasteiger partial charge >= 0.3 is 0 Å². The third-order valence-electron chi connectivity index (χ3n) is 6.09. The molecule has 3 fully saturated rings. The van der Waals surface area contributed by atoms with E-state index >= 15 is 0 Å². The molecule has 9 nitrogen and oxygen atoms in total. The molecule has 29 heavy (non-hydrogen) atoms. The second-order valence-electron chi connectivity index (χ2n) is 8.30. The molecule has 0 radical (unpaired) electrons. The van der Waals surface area contributed by atoms with E-state index in [-0.39, 0.29) is 22.6 Å². The van der Waals surface area contributed by atoms with Gasteiger partial charge in [-0.1, -0.05) is 0 Å². The Morgan fingerprint density at radius 1 is 1.14 bits per heavy atom. The smallest absolute Gasteiger partial charge is 0.293 e. The van der Waals surface area contributed by atoms with Crippen LogP contribution in [0.4, 0.5) is 11.4 Å². The highest BCUT2D eigenvalue weighted by molar-refractivity contribution is 5.96. The zero-order valence-corrected chi connectivity index (χ0v) is 16.2. The van der Waals surface area contributed by atoms with Crippen LogP contribution in [0, 0.1) is 10.1 Å². The van der Waals surface area contributed by atoms with Crippen molar-refractivity contribution in [2.75, 3.05) is 18.0 Å². The molecule has 0 bridgehead atoms. The molecular formula is C20H24N6O3. The zero-order valence-electron chi connectivity index (χ0n) is 16.2. The Labute approximate surface area is 168 Å². The molecule has 2 aromatic rings. The first-order valence-electron chi connectivity index (χ1n) is 10.3. The van der Waals surface area contributed by atoms with Crippen LogP contribution in [-0.2, 0) is 0 Å². The molecule has 152 valence electrons. The van der Waals surface area contributed by atoms with Crippen LogP contribution in [0.2, 0.25) is 0 Å². The molecule has 5 rings (SSSR count). The first-order valence-corrected chi connectivity index (χ1v) is 10.3. The van der Waals surface area contributed by atoms with E-state index in [0.29, 0.717) is 23.2 Å². The lowest BCUT2D eigenvalue weighted by molar-refractivity contribution is -0.384. The Kier molecular flexibility index (Phi) is 4.44. The highest BCUT2D eigenvalue weighted by Crippen LogP contribution is 2.39. The van der Waals surface area contributed by atoms with E-state index in [9.17, 15) is 14.9 Å². The predicted molar refractivity (Wildman–Crippen MR) is 106 cm³/mol. The number of amides is 1. The summed E-state index contributed by atoms with van der Waals surface area (Å²) in [5.41, 5.74) is 0.924. The summed E-state index contributed by atoms with van der Waals surface area (Å²) in [4.78, 5) is 25.6. The number of anilines is 1. The third-order valence-corrected chi connectivity index (χ3v) is 6.09. The standard InChI is InChI=1S/C20H24N6O3/c27-20(22-15-2-3-15)14-1-6-17(18(11-14)26(28)29)24-9-7-13(8-10-24)19-23-21-12-25(19)16-4-5-16/h1,6,11-13,15-16H,2-5,7-10H2,(H,22,27). The SMILES string of the molecule is O=C(NC1CC1)c1ccc(N2CCC(c3nncn3C3CC3)CC2)c([N+](=O)[O-])c1. The molecule has 9 heteroatoms. The molecule has 2 saturated carbocycles. The fraction of sp³-hybridized carbons (Fsp3) is 0.550. The summed E-state index contributed by atoms with van der Waals surface area (Å²) in [5, 5.41) is 23.0. The van der Waals surface area contributed by atoms with Crippen LogP contribution in [0.15, 0.2) is 24.5 Å². The van der Waals surface area contributed by atoms with Gasteiger partial charge in [-0.15, -0.1) is 10.2 Å². The minimum absolute atomic E-state index is 0.00644. The third kappa shape index (κ3) is 3.68. The molecule has 0 atom stereocenters. The van der Waals surface area contributed by atoms with E-state index in [2.05, 4.69) is 25.0 Å². The van der Waals surface area contributed by atoms with Gasteiger partial charge in [-0.2, -0.15) is 0 Å².